The molecule has 0 bridgehead atoms. The molecule has 0 N–H and O–H groups in total. The number of nitrogens with zero attached hydrogens (tertiary/aromatic N) is 2. The summed E-state index contributed by atoms with van der Waals surface area (Å²) in [5.41, 5.74) is 3.05. The van der Waals surface area contributed by atoms with Gasteiger partial charge < -0.3 is 4.74 Å². The third-order valence-electron chi connectivity index (χ3n) is 5.95. The van der Waals surface area contributed by atoms with E-state index in [0.717, 1.165) is 42.5 Å². The molecule has 1 saturated carbocycles. The number of fused-ring (bicyclic) bond motifs is 1. The summed E-state index contributed by atoms with van der Waals surface area (Å²) in [6.07, 6.45) is 5.31. The average molecular weight is 425 g/mol. The third-order valence-corrected chi connectivity index (χ3v) is 6.19. The molecule has 1 aliphatic carbocycles. The minimum absolute atomic E-state index is 0.148. The number of ether oxygens (including phenoxy) is 1. The molecule has 30 heavy (non-hydrogen) atoms. The minimum atomic E-state index is -0.531. The molecule has 0 aromatic heterocycles. The Morgan fingerprint density at radius 3 is 2.57 bits per heavy atom. The summed E-state index contributed by atoms with van der Waals surface area (Å²) < 4.78 is 4.88. The summed E-state index contributed by atoms with van der Waals surface area (Å²) in [7, 11) is 1.33. The van der Waals surface area contributed by atoms with Crippen LogP contribution in [0.15, 0.2) is 53.5 Å². The maximum atomic E-state index is 13.7. The second-order valence-corrected chi connectivity index (χ2v) is 8.29. The number of halogens is 1. The van der Waals surface area contributed by atoms with Crippen LogP contribution in [-0.4, -0.2) is 37.3 Å². The Labute approximate surface area is 181 Å². The Morgan fingerprint density at radius 2 is 1.87 bits per heavy atom. The number of esters is 1. The van der Waals surface area contributed by atoms with Crippen LogP contribution in [0.2, 0.25) is 5.02 Å². The maximum Gasteiger partial charge on any atom is 0.325 e. The van der Waals surface area contributed by atoms with Crippen molar-refractivity contribution < 1.29 is 14.3 Å². The van der Waals surface area contributed by atoms with Crippen molar-refractivity contribution in [3.8, 4) is 0 Å². The normalized spacial score (nSPS) is 19.7. The zero-order valence-electron chi connectivity index (χ0n) is 17.0. The van der Waals surface area contributed by atoms with Crippen molar-refractivity contribution in [2.24, 2.45) is 10.9 Å². The van der Waals surface area contributed by atoms with E-state index in [4.69, 9.17) is 21.3 Å². The summed E-state index contributed by atoms with van der Waals surface area (Å²) in [6.45, 7) is -0.148. The molecule has 2 aromatic rings. The second kappa shape index (κ2) is 9.00. The van der Waals surface area contributed by atoms with Crippen LogP contribution >= 0.6 is 11.6 Å². The lowest BCUT2D eigenvalue weighted by Crippen LogP contribution is -2.44. The first-order chi connectivity index (χ1) is 14.6. The van der Waals surface area contributed by atoms with Gasteiger partial charge in [0.15, 0.2) is 0 Å². The van der Waals surface area contributed by atoms with Crippen LogP contribution in [0.3, 0.4) is 0 Å². The summed E-state index contributed by atoms with van der Waals surface area (Å²) in [6, 6.07) is 14.7. The number of rotatable bonds is 4. The topological polar surface area (TPSA) is 59.0 Å². The van der Waals surface area contributed by atoms with E-state index in [1.807, 2.05) is 36.4 Å². The van der Waals surface area contributed by atoms with Crippen LogP contribution in [0.1, 0.15) is 43.2 Å². The number of carbonyl (C=O) groups excluding carboxylic acids is 2. The highest BCUT2D eigenvalue weighted by atomic mass is 35.5. The van der Waals surface area contributed by atoms with Crippen molar-refractivity contribution in [2.75, 3.05) is 18.6 Å². The Hall–Kier alpha value is -2.66. The largest absolute Gasteiger partial charge is 0.468 e. The van der Waals surface area contributed by atoms with E-state index >= 15 is 0 Å². The van der Waals surface area contributed by atoms with Crippen molar-refractivity contribution in [1.29, 1.82) is 0 Å². The molecular formula is C24H25ClN2O3. The second-order valence-electron chi connectivity index (χ2n) is 7.85. The van der Waals surface area contributed by atoms with E-state index in [9.17, 15) is 9.59 Å². The van der Waals surface area contributed by atoms with Crippen molar-refractivity contribution >= 4 is 34.9 Å². The summed E-state index contributed by atoms with van der Waals surface area (Å²) >= 11 is 6.33. The first-order valence-corrected chi connectivity index (χ1v) is 10.8. The standard InChI is InChI=1S/C24H25ClN2O3/c1-30-21(28)15-27-20-13-12-18(25)14-19(20)22(16-8-4-2-5-9-16)26-23(24(27)29)17-10-6-3-7-11-17/h2,4-5,8-9,12-14,17,23H,3,6-7,10-11,15H2,1H3. The first kappa shape index (κ1) is 20.6. The highest BCUT2D eigenvalue weighted by Gasteiger charge is 2.38. The number of benzene rings is 2. The molecular weight excluding hydrogens is 400 g/mol. The van der Waals surface area contributed by atoms with Gasteiger partial charge >= 0.3 is 5.97 Å². The molecule has 156 valence electrons. The number of amides is 1. The molecule has 2 aliphatic rings. The molecule has 1 aliphatic heterocycles. The molecule has 0 saturated heterocycles. The lowest BCUT2D eigenvalue weighted by molar-refractivity contribution is -0.140. The molecule has 1 unspecified atom stereocenters. The number of methoxy groups -OCH3 is 1. The van der Waals surface area contributed by atoms with Gasteiger partial charge in [-0.3, -0.25) is 19.5 Å². The van der Waals surface area contributed by atoms with Crippen molar-refractivity contribution in [3.63, 3.8) is 0 Å². The smallest absolute Gasteiger partial charge is 0.325 e. The number of carbonyl (C=O) groups is 2. The summed E-state index contributed by atoms with van der Waals surface area (Å²) in [4.78, 5) is 32.4. The van der Waals surface area contributed by atoms with Crippen molar-refractivity contribution in [3.05, 3.63) is 64.7 Å². The maximum absolute atomic E-state index is 13.7. The van der Waals surface area contributed by atoms with Crippen LogP contribution in [-0.2, 0) is 14.3 Å². The van der Waals surface area contributed by atoms with E-state index in [2.05, 4.69) is 0 Å². The van der Waals surface area contributed by atoms with Gasteiger partial charge in [0.2, 0.25) is 0 Å². The molecule has 5 nitrogen and oxygen atoms in total. The molecule has 4 rings (SSSR count). The highest BCUT2D eigenvalue weighted by Crippen LogP contribution is 2.36. The first-order valence-electron chi connectivity index (χ1n) is 10.4. The van der Waals surface area contributed by atoms with Gasteiger partial charge in [0.1, 0.15) is 12.6 Å². The van der Waals surface area contributed by atoms with Gasteiger partial charge in [0, 0.05) is 16.1 Å². The average Bonchev–Trinajstić information content (AvgIpc) is 2.89. The molecule has 1 atom stereocenters. The predicted octanol–water partition coefficient (Wildman–Crippen LogP) is 4.65. The van der Waals surface area contributed by atoms with Crippen LogP contribution in [0.4, 0.5) is 5.69 Å². The van der Waals surface area contributed by atoms with E-state index in [-0.39, 0.29) is 18.4 Å². The van der Waals surface area contributed by atoms with Crippen LogP contribution in [0, 0.1) is 5.92 Å². The SMILES string of the molecule is COC(=O)CN1C(=O)C(C2CCCCC2)N=C(c2ccccc2)c2cc(Cl)ccc21. The van der Waals surface area contributed by atoms with E-state index in [1.165, 1.54) is 18.4 Å². The van der Waals surface area contributed by atoms with E-state index in [1.54, 1.807) is 12.1 Å². The molecule has 6 heteroatoms. The molecule has 0 spiro atoms. The number of hydrogen-bond donors (Lipinski definition) is 0. The van der Waals surface area contributed by atoms with Gasteiger partial charge in [-0.25, -0.2) is 0 Å². The third kappa shape index (κ3) is 4.12. The quantitative estimate of drug-likeness (QED) is 0.671. The molecule has 1 amide bonds. The van der Waals surface area contributed by atoms with Gasteiger partial charge in [-0.05, 0) is 37.0 Å². The summed E-state index contributed by atoms with van der Waals surface area (Å²) in [5.74, 6) is -0.452. The van der Waals surface area contributed by atoms with Gasteiger partial charge in [0.25, 0.3) is 5.91 Å². The fraction of sp³-hybridized carbons (Fsp3) is 0.375. The molecule has 1 fully saturated rings. The zero-order valence-corrected chi connectivity index (χ0v) is 17.8. The highest BCUT2D eigenvalue weighted by molar-refractivity contribution is 6.32. The summed E-state index contributed by atoms with van der Waals surface area (Å²) in [5, 5.41) is 0.555. The van der Waals surface area contributed by atoms with Crippen LogP contribution in [0.25, 0.3) is 0 Å². The molecule has 1 heterocycles. The van der Waals surface area contributed by atoms with Gasteiger partial charge in [-0.15, -0.1) is 0 Å². The lowest BCUT2D eigenvalue weighted by Gasteiger charge is -2.30. The van der Waals surface area contributed by atoms with Crippen molar-refractivity contribution in [1.82, 2.24) is 0 Å². The van der Waals surface area contributed by atoms with Gasteiger partial charge in [-0.2, -0.15) is 0 Å². The predicted molar refractivity (Wildman–Crippen MR) is 118 cm³/mol. The Balaban J connectivity index is 1.89. The number of hydrogen-bond acceptors (Lipinski definition) is 4. The van der Waals surface area contributed by atoms with Crippen LogP contribution in [0.5, 0.6) is 0 Å². The number of anilines is 1. The number of benzodiazepines with no additional fused rings is 1. The number of aliphatic imine (C=N–C) groups is 1. The van der Waals surface area contributed by atoms with E-state index in [0.29, 0.717) is 10.7 Å². The molecule has 0 radical (unpaired) electrons. The van der Waals surface area contributed by atoms with Crippen LogP contribution < -0.4 is 4.90 Å². The minimum Gasteiger partial charge on any atom is -0.468 e. The Kier molecular flexibility index (Phi) is 6.18. The Morgan fingerprint density at radius 1 is 1.13 bits per heavy atom. The van der Waals surface area contributed by atoms with Gasteiger partial charge in [0.05, 0.1) is 18.5 Å². The fourth-order valence-electron chi connectivity index (χ4n) is 4.42. The molecule has 2 aromatic carbocycles. The fourth-order valence-corrected chi connectivity index (χ4v) is 4.59. The Bertz CT molecular complexity index is 968. The zero-order chi connectivity index (χ0) is 21.1. The monoisotopic (exact) mass is 424 g/mol. The van der Waals surface area contributed by atoms with Gasteiger partial charge in [-0.1, -0.05) is 61.2 Å². The lowest BCUT2D eigenvalue weighted by atomic mass is 9.83. The van der Waals surface area contributed by atoms with E-state index < -0.39 is 12.0 Å². The van der Waals surface area contributed by atoms with Crippen molar-refractivity contribution in [2.45, 2.75) is 38.1 Å².